The zero-order valence-electron chi connectivity index (χ0n) is 30.5. The van der Waals surface area contributed by atoms with Crippen LogP contribution >= 0.6 is 0 Å². The predicted octanol–water partition coefficient (Wildman–Crippen LogP) is 7.30. The minimum absolute atomic E-state index is 0. The van der Waals surface area contributed by atoms with Gasteiger partial charge in [0.15, 0.2) is 0 Å². The largest absolute Gasteiger partial charge is 3.00 e. The van der Waals surface area contributed by atoms with Gasteiger partial charge >= 0.3 is 55.4 Å². The summed E-state index contributed by atoms with van der Waals surface area (Å²) in [6, 6.07) is 4.00. The van der Waals surface area contributed by atoms with Gasteiger partial charge in [0.1, 0.15) is 0 Å². The van der Waals surface area contributed by atoms with Crippen LogP contribution in [0.1, 0.15) is 136 Å². The monoisotopic (exact) mass is 613 g/mol. The smallest absolute Gasteiger partial charge is 0.658 e. The Morgan fingerprint density at radius 3 is 0.475 bits per heavy atom. The molecule has 236 valence electrons. The van der Waals surface area contributed by atoms with Gasteiger partial charge in [-0.3, -0.25) is 0 Å². The molecule has 0 N–H and O–H groups in total. The second-order valence-electron chi connectivity index (χ2n) is 12.0. The average Bonchev–Trinajstić information content (AvgIpc) is 3.45. The molecule has 0 aromatic carbocycles. The summed E-state index contributed by atoms with van der Waals surface area (Å²) in [5.74, 6) is 0. The van der Waals surface area contributed by atoms with Crippen molar-refractivity contribution in [2.75, 3.05) is 26.4 Å². The van der Waals surface area contributed by atoms with Crippen molar-refractivity contribution in [1.29, 1.82) is 0 Å². The number of rotatable bonds is 8. The summed E-state index contributed by atoms with van der Waals surface area (Å²) in [4.78, 5) is 0. The molecule has 0 unspecified atom stereocenters. The average molecular weight is 613 g/mol. The van der Waals surface area contributed by atoms with E-state index >= 15 is 0 Å². The molecule has 0 amide bonds. The first-order chi connectivity index (χ1) is 17.5. The van der Waals surface area contributed by atoms with Crippen molar-refractivity contribution in [2.24, 2.45) is 0 Å². The summed E-state index contributed by atoms with van der Waals surface area (Å²) in [6.45, 7) is 37.6. The third-order valence-corrected chi connectivity index (χ3v) is 4.04. The molecule has 0 aromatic rings. The van der Waals surface area contributed by atoms with E-state index in [0.717, 1.165) is 26.4 Å². The van der Waals surface area contributed by atoms with E-state index in [4.69, 9.17) is 9.47 Å². The summed E-state index contributed by atoms with van der Waals surface area (Å²) in [5, 5.41) is 17.1. The van der Waals surface area contributed by atoms with Gasteiger partial charge < -0.3 is 30.7 Å². The van der Waals surface area contributed by atoms with Crippen LogP contribution in [0.5, 0.6) is 0 Å². The van der Waals surface area contributed by atoms with Crippen molar-refractivity contribution < 1.29 is 64.9 Å². The van der Waals surface area contributed by atoms with Crippen LogP contribution in [0.15, 0.2) is 0 Å². The number of nitrogens with zero attached hydrogens (tertiary/aromatic N) is 4. The Balaban J connectivity index is -0.0000000861. The van der Waals surface area contributed by atoms with Crippen LogP contribution in [0.3, 0.4) is 0 Å². The van der Waals surface area contributed by atoms with Crippen molar-refractivity contribution in [3.8, 4) is 0 Å². The molecule has 40 heavy (non-hydrogen) atoms. The van der Waals surface area contributed by atoms with E-state index in [0.29, 0.717) is 48.3 Å². The maximum absolute atomic E-state index is 4.94. The minimum Gasteiger partial charge on any atom is -0.658 e. The Morgan fingerprint density at radius 2 is 0.450 bits per heavy atom. The molecule has 2 aliphatic heterocycles. The van der Waals surface area contributed by atoms with Crippen LogP contribution in [0.25, 0.3) is 21.3 Å². The van der Waals surface area contributed by atoms with Gasteiger partial charge in [0.05, 0.1) is 0 Å². The molecule has 0 spiro atoms. The second-order valence-corrected chi connectivity index (χ2v) is 12.0. The Hall–Kier alpha value is 1.63. The first-order valence-corrected chi connectivity index (χ1v) is 15.5. The fourth-order valence-corrected chi connectivity index (χ4v) is 3.41. The third kappa shape index (κ3) is 77.5. The van der Waals surface area contributed by atoms with Crippen molar-refractivity contribution in [1.82, 2.24) is 0 Å². The normalized spacial score (nSPS) is 13.8. The van der Waals surface area contributed by atoms with E-state index in [-0.39, 0.29) is 55.4 Å². The SMILES string of the molecule is C1CCOC1.C1CCOC1.CC(C)[N-]C(C)C.CC(C)[N-]C(C)C.CC(C)[N-]C(C)C.CC(C)[N-]C(C)C.[Na+].[Sc+3]. The summed E-state index contributed by atoms with van der Waals surface area (Å²) < 4.78 is 9.89. The molecule has 2 rings (SSSR count). The zero-order chi connectivity index (χ0) is 30.5. The Morgan fingerprint density at radius 1 is 0.325 bits per heavy atom. The van der Waals surface area contributed by atoms with E-state index in [2.05, 4.69) is 132 Å². The topological polar surface area (TPSA) is 74.9 Å². The van der Waals surface area contributed by atoms with Gasteiger partial charge in [0.25, 0.3) is 0 Å². The summed E-state index contributed by atoms with van der Waals surface area (Å²) in [6.07, 6.45) is 5.11. The zero-order valence-corrected chi connectivity index (χ0v) is 34.3. The molecule has 2 aliphatic rings. The van der Waals surface area contributed by atoms with Gasteiger partial charge in [-0.1, -0.05) is 111 Å². The van der Waals surface area contributed by atoms with Gasteiger partial charge in [0, 0.05) is 26.4 Å². The maximum Gasteiger partial charge on any atom is 3.00 e. The van der Waals surface area contributed by atoms with Crippen molar-refractivity contribution in [2.45, 2.75) is 185 Å². The van der Waals surface area contributed by atoms with E-state index < -0.39 is 0 Å². The summed E-state index contributed by atoms with van der Waals surface area (Å²) in [7, 11) is 0. The molecule has 2 saturated heterocycles. The van der Waals surface area contributed by atoms with Gasteiger partial charge in [-0.2, -0.15) is 0 Å². The maximum atomic E-state index is 4.94. The first-order valence-electron chi connectivity index (χ1n) is 15.5. The van der Waals surface area contributed by atoms with Crippen LogP contribution in [0.4, 0.5) is 0 Å². The fraction of sp³-hybridized carbons (Fsp3) is 1.00. The molecule has 0 radical (unpaired) electrons. The quantitative estimate of drug-likeness (QED) is 0.270. The third-order valence-electron chi connectivity index (χ3n) is 4.04. The van der Waals surface area contributed by atoms with Crippen LogP contribution < -0.4 is 29.6 Å². The molecule has 2 heterocycles. The molecule has 0 aromatic heterocycles. The van der Waals surface area contributed by atoms with E-state index in [1.807, 2.05) is 0 Å². The number of hydrogen-bond donors (Lipinski definition) is 0. The fourth-order valence-electron chi connectivity index (χ4n) is 3.41. The van der Waals surface area contributed by atoms with Gasteiger partial charge in [-0.25, -0.2) is 0 Å². The molecule has 2 fully saturated rings. The van der Waals surface area contributed by atoms with Gasteiger partial charge in [-0.15, -0.1) is 48.3 Å². The van der Waals surface area contributed by atoms with Crippen LogP contribution in [0.2, 0.25) is 0 Å². The number of hydrogen-bond acceptors (Lipinski definition) is 2. The van der Waals surface area contributed by atoms with E-state index in [1.165, 1.54) is 25.7 Å². The first kappa shape index (κ1) is 54.1. The molecular weight excluding hydrogens is 540 g/mol. The van der Waals surface area contributed by atoms with E-state index in [9.17, 15) is 0 Å². The van der Waals surface area contributed by atoms with Gasteiger partial charge in [-0.05, 0) is 25.7 Å². The molecule has 0 aliphatic carbocycles. The van der Waals surface area contributed by atoms with Crippen LogP contribution in [-0.4, -0.2) is 74.8 Å². The summed E-state index contributed by atoms with van der Waals surface area (Å²) >= 11 is 0. The Bertz CT molecular complexity index is 313. The molecule has 6 nitrogen and oxygen atoms in total. The Labute approximate surface area is 295 Å². The second kappa shape index (κ2) is 40.6. The van der Waals surface area contributed by atoms with Crippen molar-refractivity contribution in [3.63, 3.8) is 0 Å². The predicted molar refractivity (Wildman–Crippen MR) is 175 cm³/mol. The van der Waals surface area contributed by atoms with Crippen molar-refractivity contribution >= 4 is 0 Å². The molecule has 8 heteroatoms. The van der Waals surface area contributed by atoms with Crippen LogP contribution in [-0.2, 0) is 35.3 Å². The minimum atomic E-state index is 0. The van der Waals surface area contributed by atoms with Gasteiger partial charge in [0.2, 0.25) is 0 Å². The number of ether oxygens (including phenoxy) is 2. The molecular formula is C32H72N4NaO2Sc. The molecule has 0 saturated carbocycles. The molecule has 0 atom stereocenters. The standard InChI is InChI=1S/4C6H14N.2C4H8O.Na.Sc/c4*1-5(2)7-6(3)4;2*1-2-4-5-3-1;;/h4*5-6H,1-4H3;2*1-4H2;;/q4*-1;;;+1;+3. The molecule has 0 bridgehead atoms. The Kier molecular flexibility index (Phi) is 55.0. The van der Waals surface area contributed by atoms with E-state index in [1.54, 1.807) is 0 Å². The summed E-state index contributed by atoms with van der Waals surface area (Å²) in [5.41, 5.74) is 0. The van der Waals surface area contributed by atoms with Crippen LogP contribution in [0, 0.1) is 0 Å². The van der Waals surface area contributed by atoms with Crippen molar-refractivity contribution in [3.05, 3.63) is 21.3 Å².